The fourth-order valence-electron chi connectivity index (χ4n) is 3.20. The minimum absolute atomic E-state index is 0.614. The van der Waals surface area contributed by atoms with Crippen molar-refractivity contribution in [3.05, 3.63) is 60.0 Å². The first kappa shape index (κ1) is 14.6. The van der Waals surface area contributed by atoms with Crippen LogP contribution in [-0.2, 0) is 6.54 Å². The van der Waals surface area contributed by atoms with Crippen molar-refractivity contribution < 1.29 is 0 Å². The van der Waals surface area contributed by atoms with Crippen molar-refractivity contribution in [2.75, 3.05) is 19.0 Å². The lowest BCUT2D eigenvalue weighted by atomic mass is 10.1. The zero-order valence-corrected chi connectivity index (χ0v) is 14.1. The SMILES string of the molecule is Cc1nn(Cc2ccccn2)c2nc3ccccc3c(N(C)C)c12. The van der Waals surface area contributed by atoms with Gasteiger partial charge < -0.3 is 4.90 Å². The van der Waals surface area contributed by atoms with Gasteiger partial charge >= 0.3 is 0 Å². The van der Waals surface area contributed by atoms with E-state index in [9.17, 15) is 0 Å². The highest BCUT2D eigenvalue weighted by Crippen LogP contribution is 2.34. The number of pyridine rings is 2. The third kappa shape index (κ3) is 2.29. The lowest BCUT2D eigenvalue weighted by Crippen LogP contribution is -2.11. The molecule has 4 aromatic rings. The highest BCUT2D eigenvalue weighted by Gasteiger charge is 2.18. The van der Waals surface area contributed by atoms with Crippen molar-refractivity contribution in [1.29, 1.82) is 0 Å². The number of rotatable bonds is 3. The second-order valence-corrected chi connectivity index (χ2v) is 6.13. The summed E-state index contributed by atoms with van der Waals surface area (Å²) in [6.07, 6.45) is 1.81. The number of anilines is 1. The number of fused-ring (bicyclic) bond motifs is 2. The molecule has 0 saturated heterocycles. The van der Waals surface area contributed by atoms with Gasteiger partial charge in [0.25, 0.3) is 0 Å². The highest BCUT2D eigenvalue weighted by molar-refractivity contribution is 6.07. The summed E-state index contributed by atoms with van der Waals surface area (Å²) in [5.41, 5.74) is 5.02. The predicted octanol–water partition coefficient (Wildman–Crippen LogP) is 3.40. The predicted molar refractivity (Wildman–Crippen MR) is 97.4 cm³/mol. The lowest BCUT2D eigenvalue weighted by Gasteiger charge is -2.17. The topological polar surface area (TPSA) is 46.8 Å². The van der Waals surface area contributed by atoms with Crippen LogP contribution in [0.25, 0.3) is 21.9 Å². The van der Waals surface area contributed by atoms with Crippen LogP contribution in [0, 0.1) is 6.92 Å². The van der Waals surface area contributed by atoms with Crippen LogP contribution in [0.3, 0.4) is 0 Å². The molecule has 0 bridgehead atoms. The van der Waals surface area contributed by atoms with Crippen LogP contribution in [0.1, 0.15) is 11.4 Å². The molecule has 3 heterocycles. The summed E-state index contributed by atoms with van der Waals surface area (Å²) >= 11 is 0. The van der Waals surface area contributed by atoms with E-state index < -0.39 is 0 Å². The molecule has 0 fully saturated rings. The Morgan fingerprint density at radius 3 is 2.58 bits per heavy atom. The second kappa shape index (κ2) is 5.60. The maximum absolute atomic E-state index is 4.88. The minimum atomic E-state index is 0.614. The summed E-state index contributed by atoms with van der Waals surface area (Å²) in [6.45, 7) is 2.66. The quantitative estimate of drug-likeness (QED) is 0.581. The van der Waals surface area contributed by atoms with Gasteiger partial charge in [0, 0.05) is 25.7 Å². The summed E-state index contributed by atoms with van der Waals surface area (Å²) < 4.78 is 1.95. The molecule has 0 saturated carbocycles. The Morgan fingerprint density at radius 2 is 1.83 bits per heavy atom. The van der Waals surface area contributed by atoms with Gasteiger partial charge in [0.2, 0.25) is 0 Å². The molecule has 0 spiro atoms. The number of para-hydroxylation sites is 1. The normalized spacial score (nSPS) is 11.3. The average Bonchev–Trinajstić information content (AvgIpc) is 2.89. The van der Waals surface area contributed by atoms with Crippen molar-refractivity contribution >= 4 is 27.6 Å². The van der Waals surface area contributed by atoms with Crippen LogP contribution in [0.5, 0.6) is 0 Å². The largest absolute Gasteiger partial charge is 0.376 e. The van der Waals surface area contributed by atoms with E-state index in [4.69, 9.17) is 10.1 Å². The van der Waals surface area contributed by atoms with E-state index in [1.165, 1.54) is 5.69 Å². The Labute approximate surface area is 140 Å². The molecule has 1 aromatic carbocycles. The van der Waals surface area contributed by atoms with Crippen LogP contribution in [-0.4, -0.2) is 33.8 Å². The highest BCUT2D eigenvalue weighted by atomic mass is 15.3. The molecule has 0 atom stereocenters. The molecule has 0 N–H and O–H groups in total. The molecular formula is C19H19N5. The standard InChI is InChI=1S/C19H19N5/c1-13-17-18(23(2)3)15-9-4-5-10-16(15)21-19(17)24(22-13)12-14-8-6-7-11-20-14/h4-11H,12H2,1-3H3. The van der Waals surface area contributed by atoms with Gasteiger partial charge in [0.1, 0.15) is 0 Å². The van der Waals surface area contributed by atoms with E-state index in [0.717, 1.165) is 33.3 Å². The van der Waals surface area contributed by atoms with Gasteiger partial charge in [-0.1, -0.05) is 24.3 Å². The molecule has 3 aromatic heterocycles. The van der Waals surface area contributed by atoms with Crippen LogP contribution in [0.2, 0.25) is 0 Å². The van der Waals surface area contributed by atoms with Gasteiger partial charge in [-0.3, -0.25) is 4.98 Å². The summed E-state index contributed by atoms with van der Waals surface area (Å²) in [5, 5.41) is 6.99. The Balaban J connectivity index is 2.01. The molecule has 24 heavy (non-hydrogen) atoms. The van der Waals surface area contributed by atoms with Crippen molar-refractivity contribution in [2.24, 2.45) is 0 Å². The molecule has 120 valence electrons. The Hall–Kier alpha value is -2.95. The molecule has 0 aliphatic heterocycles. The Kier molecular flexibility index (Phi) is 3.41. The van der Waals surface area contributed by atoms with E-state index in [-0.39, 0.29) is 0 Å². The van der Waals surface area contributed by atoms with Gasteiger partial charge in [-0.25, -0.2) is 9.67 Å². The zero-order valence-electron chi connectivity index (χ0n) is 14.1. The summed E-state index contributed by atoms with van der Waals surface area (Å²) in [7, 11) is 4.13. The summed E-state index contributed by atoms with van der Waals surface area (Å²) in [5.74, 6) is 0. The number of hydrogen-bond acceptors (Lipinski definition) is 4. The van der Waals surface area contributed by atoms with Crippen molar-refractivity contribution in [3.63, 3.8) is 0 Å². The summed E-state index contributed by atoms with van der Waals surface area (Å²) in [6, 6.07) is 14.2. The zero-order chi connectivity index (χ0) is 16.7. The fourth-order valence-corrected chi connectivity index (χ4v) is 3.20. The molecule has 4 rings (SSSR count). The van der Waals surface area contributed by atoms with E-state index in [1.807, 2.05) is 42.1 Å². The van der Waals surface area contributed by atoms with Gasteiger partial charge in [0.05, 0.1) is 34.5 Å². The van der Waals surface area contributed by atoms with E-state index in [0.29, 0.717) is 6.54 Å². The molecule has 5 heteroatoms. The average molecular weight is 317 g/mol. The third-order valence-corrected chi connectivity index (χ3v) is 4.21. The maximum Gasteiger partial charge on any atom is 0.161 e. The van der Waals surface area contributed by atoms with E-state index in [1.54, 1.807) is 0 Å². The van der Waals surface area contributed by atoms with Crippen molar-refractivity contribution in [2.45, 2.75) is 13.5 Å². The van der Waals surface area contributed by atoms with Gasteiger partial charge in [0.15, 0.2) is 5.65 Å². The van der Waals surface area contributed by atoms with Crippen LogP contribution in [0.15, 0.2) is 48.7 Å². The number of nitrogens with zero attached hydrogens (tertiary/aromatic N) is 5. The molecule has 0 amide bonds. The molecular weight excluding hydrogens is 298 g/mol. The van der Waals surface area contributed by atoms with Gasteiger partial charge in [-0.05, 0) is 25.1 Å². The van der Waals surface area contributed by atoms with Crippen molar-refractivity contribution in [1.82, 2.24) is 19.7 Å². The van der Waals surface area contributed by atoms with E-state index >= 15 is 0 Å². The number of hydrogen-bond donors (Lipinski definition) is 0. The van der Waals surface area contributed by atoms with Crippen LogP contribution >= 0.6 is 0 Å². The number of aryl methyl sites for hydroxylation is 1. The van der Waals surface area contributed by atoms with Gasteiger partial charge in [-0.15, -0.1) is 0 Å². The Bertz CT molecular complexity index is 1020. The van der Waals surface area contributed by atoms with Crippen LogP contribution in [0.4, 0.5) is 5.69 Å². The first-order chi connectivity index (χ1) is 11.6. The molecule has 0 aliphatic rings. The Morgan fingerprint density at radius 1 is 1.04 bits per heavy atom. The second-order valence-electron chi connectivity index (χ2n) is 6.13. The number of aromatic nitrogens is 4. The van der Waals surface area contributed by atoms with Crippen LogP contribution < -0.4 is 4.90 Å². The third-order valence-electron chi connectivity index (χ3n) is 4.21. The monoisotopic (exact) mass is 317 g/mol. The maximum atomic E-state index is 4.88. The molecule has 0 aliphatic carbocycles. The van der Waals surface area contributed by atoms with Crippen molar-refractivity contribution in [3.8, 4) is 0 Å². The molecule has 0 unspecified atom stereocenters. The van der Waals surface area contributed by atoms with E-state index in [2.05, 4.69) is 42.2 Å². The number of benzene rings is 1. The van der Waals surface area contributed by atoms with Gasteiger partial charge in [-0.2, -0.15) is 5.10 Å². The minimum Gasteiger partial charge on any atom is -0.376 e. The smallest absolute Gasteiger partial charge is 0.161 e. The first-order valence-corrected chi connectivity index (χ1v) is 7.98. The summed E-state index contributed by atoms with van der Waals surface area (Å²) in [4.78, 5) is 11.4. The first-order valence-electron chi connectivity index (χ1n) is 7.98. The molecule has 0 radical (unpaired) electrons. The lowest BCUT2D eigenvalue weighted by molar-refractivity contribution is 0.682. The fraction of sp³-hybridized carbons (Fsp3) is 0.211. The molecule has 5 nitrogen and oxygen atoms in total.